The van der Waals surface area contributed by atoms with Gasteiger partial charge in [0.05, 0.1) is 25.2 Å². The Labute approximate surface area is 112 Å². The lowest BCUT2D eigenvalue weighted by atomic mass is 9.92. The van der Waals surface area contributed by atoms with E-state index in [1.165, 1.54) is 7.11 Å². The highest BCUT2D eigenvalue weighted by molar-refractivity contribution is 5.98. The van der Waals surface area contributed by atoms with Crippen LogP contribution in [0.4, 0.5) is 5.69 Å². The fraction of sp³-hybridized carbons (Fsp3) is 0.429. The van der Waals surface area contributed by atoms with Crippen molar-refractivity contribution in [3.8, 4) is 11.8 Å². The van der Waals surface area contributed by atoms with E-state index < -0.39 is 11.4 Å². The molecule has 2 N–H and O–H groups in total. The Bertz CT molecular complexity index is 504. The smallest absolute Gasteiger partial charge is 0.344 e. The van der Waals surface area contributed by atoms with Gasteiger partial charge in [-0.3, -0.25) is 0 Å². The van der Waals surface area contributed by atoms with Crippen LogP contribution < -0.4 is 10.5 Å². The number of nitrogens with zero attached hydrogens (tertiary/aromatic N) is 1. The first-order valence-electron chi connectivity index (χ1n) is 5.92. The second-order valence-corrected chi connectivity index (χ2v) is 4.81. The molecule has 0 atom stereocenters. The first-order valence-corrected chi connectivity index (χ1v) is 5.92. The number of ether oxygens (including phenoxy) is 2. The lowest BCUT2D eigenvalue weighted by molar-refractivity contribution is 0.0472. The van der Waals surface area contributed by atoms with Gasteiger partial charge in [-0.05, 0) is 32.4 Å². The number of nitrogens with two attached hydrogens (primary N) is 1. The van der Waals surface area contributed by atoms with Gasteiger partial charge in [0.25, 0.3) is 0 Å². The van der Waals surface area contributed by atoms with Gasteiger partial charge in [0.15, 0.2) is 0 Å². The molecule has 0 spiro atoms. The number of benzene rings is 1. The van der Waals surface area contributed by atoms with Crippen LogP contribution in [-0.4, -0.2) is 19.7 Å². The topological polar surface area (TPSA) is 85.3 Å². The van der Waals surface area contributed by atoms with Crippen molar-refractivity contribution in [2.45, 2.75) is 20.3 Å². The third-order valence-corrected chi connectivity index (χ3v) is 2.75. The summed E-state index contributed by atoms with van der Waals surface area (Å²) in [4.78, 5) is 12.0. The van der Waals surface area contributed by atoms with Gasteiger partial charge in [0.2, 0.25) is 0 Å². The molecule has 19 heavy (non-hydrogen) atoms. The quantitative estimate of drug-likeness (QED) is 0.650. The summed E-state index contributed by atoms with van der Waals surface area (Å²) < 4.78 is 10.2. The maximum atomic E-state index is 12.0. The first-order chi connectivity index (χ1) is 8.91. The number of carbonyl (C=O) groups excluding carboxylic acids is 1. The molecule has 0 heterocycles. The molecular formula is C14H18N2O3. The van der Waals surface area contributed by atoms with Gasteiger partial charge in [0.1, 0.15) is 11.3 Å². The second-order valence-electron chi connectivity index (χ2n) is 4.81. The summed E-state index contributed by atoms with van der Waals surface area (Å²) in [5.41, 5.74) is 5.76. The molecule has 5 heteroatoms. The lowest BCUT2D eigenvalue weighted by Crippen LogP contribution is -2.16. The average Bonchev–Trinajstić information content (AvgIpc) is 2.37. The second kappa shape index (κ2) is 6.10. The lowest BCUT2D eigenvalue weighted by Gasteiger charge is -2.15. The molecule has 1 aromatic rings. The number of esters is 1. The van der Waals surface area contributed by atoms with Crippen molar-refractivity contribution in [1.82, 2.24) is 0 Å². The largest absolute Gasteiger partial charge is 0.496 e. The van der Waals surface area contributed by atoms with Crippen molar-refractivity contribution in [2.75, 3.05) is 19.5 Å². The van der Waals surface area contributed by atoms with Crippen LogP contribution in [0.5, 0.6) is 5.75 Å². The van der Waals surface area contributed by atoms with E-state index in [0.717, 1.165) is 0 Å². The van der Waals surface area contributed by atoms with Gasteiger partial charge >= 0.3 is 5.97 Å². The summed E-state index contributed by atoms with van der Waals surface area (Å²) in [5.74, 6) is -0.159. The molecule has 0 fully saturated rings. The molecule has 0 saturated carbocycles. The Morgan fingerprint density at radius 1 is 1.47 bits per heavy atom. The van der Waals surface area contributed by atoms with Crippen LogP contribution in [0.1, 0.15) is 30.6 Å². The van der Waals surface area contributed by atoms with Crippen molar-refractivity contribution in [3.63, 3.8) is 0 Å². The predicted molar refractivity (Wildman–Crippen MR) is 71.7 cm³/mol. The number of methoxy groups -OCH3 is 1. The highest BCUT2D eigenvalue weighted by Crippen LogP contribution is 2.25. The number of carbonyl (C=O) groups is 1. The van der Waals surface area contributed by atoms with E-state index in [-0.39, 0.29) is 12.2 Å². The Hall–Kier alpha value is -2.22. The van der Waals surface area contributed by atoms with Crippen molar-refractivity contribution >= 4 is 11.7 Å². The van der Waals surface area contributed by atoms with E-state index in [4.69, 9.17) is 20.5 Å². The van der Waals surface area contributed by atoms with Gasteiger partial charge < -0.3 is 15.2 Å². The average molecular weight is 262 g/mol. The number of anilines is 1. The molecule has 0 aliphatic heterocycles. The summed E-state index contributed by atoms with van der Waals surface area (Å²) in [6.45, 7) is 3.74. The summed E-state index contributed by atoms with van der Waals surface area (Å²) >= 11 is 0. The van der Waals surface area contributed by atoms with E-state index in [9.17, 15) is 4.79 Å². The molecule has 0 bridgehead atoms. The molecule has 0 radical (unpaired) electrons. The number of rotatable bonds is 5. The third kappa shape index (κ3) is 3.88. The third-order valence-electron chi connectivity index (χ3n) is 2.75. The predicted octanol–water partition coefficient (Wildman–Crippen LogP) is 2.37. The Kier molecular flexibility index (Phi) is 4.76. The molecule has 0 aromatic heterocycles. The summed E-state index contributed by atoms with van der Waals surface area (Å²) in [7, 11) is 1.46. The number of hydrogen-bond donors (Lipinski definition) is 1. The Balaban J connectivity index is 2.72. The van der Waals surface area contributed by atoms with Crippen LogP contribution in [0.15, 0.2) is 18.2 Å². The van der Waals surface area contributed by atoms with E-state index >= 15 is 0 Å². The minimum Gasteiger partial charge on any atom is -0.496 e. The highest BCUT2D eigenvalue weighted by Gasteiger charge is 2.20. The van der Waals surface area contributed by atoms with E-state index in [2.05, 4.69) is 6.07 Å². The van der Waals surface area contributed by atoms with Crippen LogP contribution in [0, 0.1) is 16.7 Å². The highest BCUT2D eigenvalue weighted by atomic mass is 16.5. The van der Waals surface area contributed by atoms with Crippen LogP contribution in [0.25, 0.3) is 0 Å². The van der Waals surface area contributed by atoms with Crippen molar-refractivity contribution in [2.24, 2.45) is 5.41 Å². The minimum absolute atomic E-state index is 0.164. The van der Waals surface area contributed by atoms with Gasteiger partial charge in [-0.1, -0.05) is 6.07 Å². The molecule has 1 aromatic carbocycles. The molecule has 0 unspecified atom stereocenters. The number of hydrogen-bond acceptors (Lipinski definition) is 5. The summed E-state index contributed by atoms with van der Waals surface area (Å²) in [5, 5.41) is 8.87. The van der Waals surface area contributed by atoms with Gasteiger partial charge in [-0.15, -0.1) is 0 Å². The number of nitrogen functional groups attached to an aromatic ring is 1. The van der Waals surface area contributed by atoms with Crippen LogP contribution in [0.2, 0.25) is 0 Å². The summed E-state index contributed by atoms with van der Waals surface area (Å²) in [6, 6.07) is 7.10. The normalized spacial score (nSPS) is 10.6. The monoisotopic (exact) mass is 262 g/mol. The standard InChI is InChI=1S/C14H18N2O3/c1-14(2,9-15)7-8-19-13(17)12-10(16)5-4-6-11(12)18-3/h4-6H,7-8,16H2,1-3H3. The summed E-state index contributed by atoms with van der Waals surface area (Å²) in [6.07, 6.45) is 0.463. The van der Waals surface area contributed by atoms with Crippen LogP contribution in [-0.2, 0) is 4.74 Å². The molecule has 0 aliphatic rings. The zero-order valence-electron chi connectivity index (χ0n) is 11.4. The van der Waals surface area contributed by atoms with Crippen molar-refractivity contribution in [3.05, 3.63) is 23.8 Å². The van der Waals surface area contributed by atoms with Crippen molar-refractivity contribution < 1.29 is 14.3 Å². The fourth-order valence-corrected chi connectivity index (χ4v) is 1.46. The van der Waals surface area contributed by atoms with Crippen molar-refractivity contribution in [1.29, 1.82) is 5.26 Å². The van der Waals surface area contributed by atoms with Crippen LogP contribution >= 0.6 is 0 Å². The molecule has 102 valence electrons. The van der Waals surface area contributed by atoms with Gasteiger partial charge in [-0.2, -0.15) is 5.26 Å². The zero-order chi connectivity index (χ0) is 14.5. The molecule has 0 amide bonds. The zero-order valence-corrected chi connectivity index (χ0v) is 11.4. The number of nitriles is 1. The van der Waals surface area contributed by atoms with E-state index in [1.54, 1.807) is 32.0 Å². The SMILES string of the molecule is COc1cccc(N)c1C(=O)OCCC(C)(C)C#N. The van der Waals surface area contributed by atoms with E-state index in [1.807, 2.05) is 0 Å². The van der Waals surface area contributed by atoms with Crippen LogP contribution in [0.3, 0.4) is 0 Å². The van der Waals surface area contributed by atoms with Gasteiger partial charge in [0, 0.05) is 5.69 Å². The van der Waals surface area contributed by atoms with Gasteiger partial charge in [-0.25, -0.2) is 4.79 Å². The molecular weight excluding hydrogens is 244 g/mol. The molecule has 0 saturated heterocycles. The Morgan fingerprint density at radius 3 is 2.74 bits per heavy atom. The molecule has 5 nitrogen and oxygen atoms in total. The molecule has 1 rings (SSSR count). The maximum Gasteiger partial charge on any atom is 0.344 e. The Morgan fingerprint density at radius 2 is 2.16 bits per heavy atom. The first kappa shape index (κ1) is 14.8. The van der Waals surface area contributed by atoms with E-state index in [0.29, 0.717) is 17.9 Å². The maximum absolute atomic E-state index is 12.0. The minimum atomic E-state index is -0.538. The fourth-order valence-electron chi connectivity index (χ4n) is 1.46. The molecule has 0 aliphatic carbocycles.